The topological polar surface area (TPSA) is 39.9 Å². The second-order valence-electron chi connectivity index (χ2n) is 5.57. The van der Waals surface area contributed by atoms with E-state index < -0.39 is 0 Å². The van der Waals surface area contributed by atoms with Crippen molar-refractivity contribution < 1.29 is 0 Å². The molecule has 0 unspecified atom stereocenters. The van der Waals surface area contributed by atoms with Crippen LogP contribution in [-0.2, 0) is 0 Å². The van der Waals surface area contributed by atoms with Gasteiger partial charge in [-0.1, -0.05) is 29.8 Å². The molecule has 2 aromatic carbocycles. The Hall–Kier alpha value is -2.14. The maximum atomic E-state index is 9.75. The molecule has 4 rings (SSSR count). The number of thiophene rings is 1. The average molecular weight is 488 g/mol. The smallest absolute Gasteiger partial charge is 0.103 e. The molecule has 0 N–H and O–H groups in total. The molecule has 0 atom stereocenters. The maximum absolute atomic E-state index is 9.75. The van der Waals surface area contributed by atoms with Gasteiger partial charge in [-0.2, -0.15) is 5.26 Å². The molecule has 0 radical (unpaired) electrons. The number of anilines is 3. The minimum absolute atomic E-state index is 0.504. The minimum Gasteiger partial charge on any atom is -0.306 e. The van der Waals surface area contributed by atoms with Crippen LogP contribution >= 0.6 is 45.5 Å². The highest BCUT2D eigenvalue weighted by Crippen LogP contribution is 2.44. The van der Waals surface area contributed by atoms with Crippen LogP contribution in [0.1, 0.15) is 5.56 Å². The van der Waals surface area contributed by atoms with Crippen LogP contribution in [0.5, 0.6) is 0 Å². The summed E-state index contributed by atoms with van der Waals surface area (Å²) in [6, 6.07) is 18.3. The van der Waals surface area contributed by atoms with Crippen LogP contribution in [0.3, 0.4) is 0 Å². The molecule has 6 heteroatoms. The third-order valence-corrected chi connectivity index (χ3v) is 5.83. The summed E-state index contributed by atoms with van der Waals surface area (Å²) in [6.45, 7) is 0. The summed E-state index contributed by atoms with van der Waals surface area (Å²) >= 11 is 10.3. The summed E-state index contributed by atoms with van der Waals surface area (Å²) in [5, 5.41) is 15.2. The number of aromatic nitrogens is 1. The lowest BCUT2D eigenvalue weighted by Gasteiger charge is -2.26. The van der Waals surface area contributed by atoms with Crippen molar-refractivity contribution in [3.63, 3.8) is 0 Å². The lowest BCUT2D eigenvalue weighted by Crippen LogP contribution is -2.12. The van der Waals surface area contributed by atoms with Gasteiger partial charge in [0, 0.05) is 31.6 Å². The van der Waals surface area contributed by atoms with Crippen molar-refractivity contribution in [1.29, 1.82) is 5.26 Å². The fraction of sp³-hybridized carbons (Fsp3) is 0. The predicted molar refractivity (Wildman–Crippen MR) is 117 cm³/mol. The van der Waals surface area contributed by atoms with Crippen molar-refractivity contribution in [2.75, 3.05) is 4.90 Å². The number of benzene rings is 2. The van der Waals surface area contributed by atoms with Crippen LogP contribution in [0.2, 0.25) is 5.02 Å². The van der Waals surface area contributed by atoms with Crippen LogP contribution in [0.25, 0.3) is 10.9 Å². The van der Waals surface area contributed by atoms with Crippen molar-refractivity contribution in [3.05, 3.63) is 79.6 Å². The quantitative estimate of drug-likeness (QED) is 0.295. The molecule has 0 bridgehead atoms. The Labute approximate surface area is 173 Å². The molecule has 2 heterocycles. The molecule has 0 saturated heterocycles. The van der Waals surface area contributed by atoms with Gasteiger partial charge in [-0.25, -0.2) is 0 Å². The number of hydrogen-bond acceptors (Lipinski definition) is 4. The van der Waals surface area contributed by atoms with Gasteiger partial charge in [0.05, 0.1) is 27.5 Å². The number of nitrogens with zero attached hydrogens (tertiary/aromatic N) is 3. The van der Waals surface area contributed by atoms with E-state index in [1.165, 1.54) is 11.3 Å². The number of halogens is 2. The van der Waals surface area contributed by atoms with Crippen molar-refractivity contribution in [2.24, 2.45) is 0 Å². The zero-order valence-corrected chi connectivity index (χ0v) is 17.1. The van der Waals surface area contributed by atoms with Crippen LogP contribution < -0.4 is 4.90 Å². The largest absolute Gasteiger partial charge is 0.306 e. The second kappa shape index (κ2) is 7.23. The molecule has 3 nitrogen and oxygen atoms in total. The number of nitriles is 1. The van der Waals surface area contributed by atoms with E-state index in [9.17, 15) is 5.26 Å². The van der Waals surface area contributed by atoms with Crippen molar-refractivity contribution in [1.82, 2.24) is 4.98 Å². The van der Waals surface area contributed by atoms with Gasteiger partial charge < -0.3 is 4.90 Å². The predicted octanol–water partition coefficient (Wildman–Crippen LogP) is 6.90. The molecule has 0 fully saturated rings. The van der Waals surface area contributed by atoms with E-state index in [4.69, 9.17) is 11.6 Å². The molecule has 26 heavy (non-hydrogen) atoms. The number of hydrogen-bond donors (Lipinski definition) is 0. The summed E-state index contributed by atoms with van der Waals surface area (Å²) in [5.41, 5.74) is 3.93. The fourth-order valence-electron chi connectivity index (χ4n) is 2.87. The summed E-state index contributed by atoms with van der Waals surface area (Å²) in [4.78, 5) is 6.50. The molecular weight excluding hydrogens is 477 g/mol. The Morgan fingerprint density at radius 3 is 2.62 bits per heavy atom. The highest BCUT2D eigenvalue weighted by atomic mass is 127. The van der Waals surface area contributed by atoms with Gasteiger partial charge in [0.15, 0.2) is 0 Å². The van der Waals surface area contributed by atoms with E-state index in [0.29, 0.717) is 10.6 Å². The van der Waals surface area contributed by atoms with Gasteiger partial charge in [0.25, 0.3) is 0 Å². The van der Waals surface area contributed by atoms with E-state index in [2.05, 4.69) is 33.6 Å². The Morgan fingerprint density at radius 2 is 1.92 bits per heavy atom. The summed E-state index contributed by atoms with van der Waals surface area (Å²) in [5.74, 6) is 0. The molecule has 0 saturated carbocycles. The first-order valence-electron chi connectivity index (χ1n) is 7.74. The Bertz CT molecular complexity index is 1130. The Morgan fingerprint density at radius 1 is 1.12 bits per heavy atom. The van der Waals surface area contributed by atoms with Gasteiger partial charge in [-0.05, 0) is 52.9 Å². The summed E-state index contributed by atoms with van der Waals surface area (Å²) in [7, 11) is 0. The Balaban J connectivity index is 2.09. The highest BCUT2D eigenvalue weighted by molar-refractivity contribution is 14.1. The van der Waals surface area contributed by atoms with Crippen LogP contribution in [0, 0.1) is 14.9 Å². The van der Waals surface area contributed by atoms with Gasteiger partial charge >= 0.3 is 0 Å². The van der Waals surface area contributed by atoms with E-state index >= 15 is 0 Å². The first-order chi connectivity index (χ1) is 12.7. The van der Waals surface area contributed by atoms with Gasteiger partial charge in [-0.3, -0.25) is 4.98 Å². The van der Waals surface area contributed by atoms with E-state index in [-0.39, 0.29) is 0 Å². The molecule has 2 aromatic heterocycles. The normalized spacial score (nSPS) is 10.7. The average Bonchev–Trinajstić information content (AvgIpc) is 3.08. The molecule has 0 spiro atoms. The third-order valence-electron chi connectivity index (χ3n) is 4.00. The third kappa shape index (κ3) is 3.05. The molecule has 0 aliphatic rings. The SMILES string of the molecule is N#Cc1cnc2cc(I)ccc2c1N(c1ccccc1)c1cscc1Cl. The lowest BCUT2D eigenvalue weighted by molar-refractivity contribution is 1.27. The number of pyridine rings is 1. The van der Waals surface area contributed by atoms with Crippen LogP contribution in [0.15, 0.2) is 65.5 Å². The summed E-state index contributed by atoms with van der Waals surface area (Å²) < 4.78 is 1.10. The molecule has 4 aromatic rings. The van der Waals surface area contributed by atoms with Crippen LogP contribution in [0.4, 0.5) is 17.1 Å². The monoisotopic (exact) mass is 487 g/mol. The molecule has 0 aliphatic carbocycles. The van der Waals surface area contributed by atoms with Crippen molar-refractivity contribution in [2.45, 2.75) is 0 Å². The van der Waals surface area contributed by atoms with E-state index in [1.54, 1.807) is 6.20 Å². The zero-order valence-electron chi connectivity index (χ0n) is 13.4. The van der Waals surface area contributed by atoms with Gasteiger partial charge in [0.1, 0.15) is 6.07 Å². The van der Waals surface area contributed by atoms with E-state index in [1.807, 2.05) is 64.2 Å². The van der Waals surface area contributed by atoms with Gasteiger partial charge in [0.2, 0.25) is 0 Å². The second-order valence-corrected chi connectivity index (χ2v) is 7.97. The molecule has 0 amide bonds. The Kier molecular flexibility index (Phi) is 4.81. The highest BCUT2D eigenvalue weighted by Gasteiger charge is 2.22. The standard InChI is InChI=1S/C20H11ClIN3S/c21-17-11-26-12-19(17)25(15-4-2-1-3-5-15)20-13(9-23)10-24-18-8-14(22)6-7-16(18)20/h1-8,10-12H. The number of rotatable bonds is 3. The summed E-state index contributed by atoms with van der Waals surface area (Å²) in [6.07, 6.45) is 1.63. The number of fused-ring (bicyclic) bond motifs is 1. The first-order valence-corrected chi connectivity index (χ1v) is 10.1. The van der Waals surface area contributed by atoms with Gasteiger partial charge in [-0.15, -0.1) is 11.3 Å². The number of para-hydroxylation sites is 1. The lowest BCUT2D eigenvalue weighted by atomic mass is 10.1. The minimum atomic E-state index is 0.504. The first kappa shape index (κ1) is 17.3. The zero-order chi connectivity index (χ0) is 18.1. The maximum Gasteiger partial charge on any atom is 0.103 e. The van der Waals surface area contributed by atoms with Crippen molar-refractivity contribution in [3.8, 4) is 6.07 Å². The van der Waals surface area contributed by atoms with Crippen LogP contribution in [-0.4, -0.2) is 4.98 Å². The fourth-order valence-corrected chi connectivity index (χ4v) is 4.38. The molecule has 0 aliphatic heterocycles. The molecular formula is C20H11ClIN3S. The van der Waals surface area contributed by atoms with E-state index in [0.717, 1.165) is 31.5 Å². The van der Waals surface area contributed by atoms with Crippen molar-refractivity contribution >= 4 is 73.5 Å². The molecule has 126 valence electrons.